The number of thiocarbonyl (C=S) groups is 1. The van der Waals surface area contributed by atoms with Crippen LogP contribution in [0.2, 0.25) is 0 Å². The molecule has 3 rings (SSSR count). The summed E-state index contributed by atoms with van der Waals surface area (Å²) in [6.45, 7) is 3.01. The Balaban J connectivity index is 1.40. The van der Waals surface area contributed by atoms with Crippen LogP contribution in [0.15, 0.2) is 54.7 Å². The first kappa shape index (κ1) is 17.1. The zero-order chi connectivity index (χ0) is 16.8. The van der Waals surface area contributed by atoms with E-state index in [1.807, 2.05) is 0 Å². The van der Waals surface area contributed by atoms with Crippen LogP contribution in [-0.4, -0.2) is 21.6 Å². The summed E-state index contributed by atoms with van der Waals surface area (Å²) in [5.41, 5.74) is 5.23. The zero-order valence-corrected chi connectivity index (χ0v) is 15.5. The molecule has 0 spiro atoms. The van der Waals surface area contributed by atoms with Gasteiger partial charge in [0.05, 0.1) is 0 Å². The Morgan fingerprint density at radius 2 is 2.00 bits per heavy atom. The number of aryl methyl sites for hydroxylation is 2. The lowest BCUT2D eigenvalue weighted by atomic mass is 10.1. The summed E-state index contributed by atoms with van der Waals surface area (Å²) in [7, 11) is 0. The number of aromatic amines is 1. The van der Waals surface area contributed by atoms with E-state index >= 15 is 0 Å². The Bertz CT molecular complexity index is 823. The molecule has 0 saturated heterocycles. The fourth-order valence-electron chi connectivity index (χ4n) is 2.82. The molecule has 2 nitrogen and oxygen atoms in total. The minimum Gasteiger partial charge on any atom is -0.371 e. The number of para-hydroxylation sites is 1. The summed E-state index contributed by atoms with van der Waals surface area (Å²) in [5.74, 6) is 1.02. The van der Waals surface area contributed by atoms with E-state index < -0.39 is 0 Å². The Kier molecular flexibility index (Phi) is 5.94. The van der Waals surface area contributed by atoms with Crippen LogP contribution in [-0.2, 0) is 12.8 Å². The molecule has 2 aromatic carbocycles. The second-order valence-corrected chi connectivity index (χ2v) is 7.68. The van der Waals surface area contributed by atoms with Crippen LogP contribution in [0.3, 0.4) is 0 Å². The first-order valence-corrected chi connectivity index (χ1v) is 9.63. The minimum absolute atomic E-state index is 0.873. The van der Waals surface area contributed by atoms with Crippen LogP contribution in [0, 0.1) is 6.92 Å². The van der Waals surface area contributed by atoms with Crippen LogP contribution in [0.5, 0.6) is 0 Å². The van der Waals surface area contributed by atoms with Crippen molar-refractivity contribution in [3.8, 4) is 0 Å². The standard InChI is InChI=1S/C20H22N2S2/c1-15-5-4-6-16(13-15)10-12-24-20(23)21-11-9-17-14-22-19-8-3-2-7-18(17)19/h2-8,13-14,22H,9-12H2,1H3,(H,21,23). The highest BCUT2D eigenvalue weighted by atomic mass is 32.2. The molecule has 0 amide bonds. The van der Waals surface area contributed by atoms with Gasteiger partial charge in [-0.25, -0.2) is 0 Å². The van der Waals surface area contributed by atoms with Crippen molar-refractivity contribution in [1.29, 1.82) is 0 Å². The van der Waals surface area contributed by atoms with Crippen molar-refractivity contribution in [2.75, 3.05) is 12.3 Å². The number of aromatic nitrogens is 1. The van der Waals surface area contributed by atoms with Gasteiger partial charge in [-0.05, 0) is 37.0 Å². The number of hydrogen-bond donors (Lipinski definition) is 2. The van der Waals surface area contributed by atoms with Crippen LogP contribution in [0.4, 0.5) is 0 Å². The predicted octanol–water partition coefficient (Wildman–Crippen LogP) is 4.87. The van der Waals surface area contributed by atoms with E-state index in [9.17, 15) is 0 Å². The minimum atomic E-state index is 0.873. The Hall–Kier alpha value is -1.78. The first-order valence-electron chi connectivity index (χ1n) is 8.23. The first-order chi connectivity index (χ1) is 11.7. The normalized spacial score (nSPS) is 10.9. The summed E-state index contributed by atoms with van der Waals surface area (Å²) in [4.78, 5) is 3.32. The van der Waals surface area contributed by atoms with E-state index in [0.717, 1.165) is 29.5 Å². The SMILES string of the molecule is Cc1cccc(CCSC(=S)NCCc2c[nH]c3ccccc23)c1. The third-order valence-electron chi connectivity index (χ3n) is 4.04. The van der Waals surface area contributed by atoms with Gasteiger partial charge in [0.2, 0.25) is 0 Å². The van der Waals surface area contributed by atoms with E-state index in [1.165, 1.54) is 27.6 Å². The molecule has 0 saturated carbocycles. The Morgan fingerprint density at radius 1 is 1.12 bits per heavy atom. The van der Waals surface area contributed by atoms with E-state index in [4.69, 9.17) is 12.2 Å². The molecule has 24 heavy (non-hydrogen) atoms. The van der Waals surface area contributed by atoms with Gasteiger partial charge in [0.15, 0.2) is 0 Å². The molecule has 0 fully saturated rings. The number of hydrogen-bond acceptors (Lipinski definition) is 2. The van der Waals surface area contributed by atoms with Gasteiger partial charge in [0.25, 0.3) is 0 Å². The van der Waals surface area contributed by atoms with Gasteiger partial charge in [0, 0.05) is 29.4 Å². The predicted molar refractivity (Wildman–Crippen MR) is 110 cm³/mol. The lowest BCUT2D eigenvalue weighted by molar-refractivity contribution is 0.887. The van der Waals surface area contributed by atoms with Gasteiger partial charge in [-0.3, -0.25) is 0 Å². The molecule has 4 heteroatoms. The van der Waals surface area contributed by atoms with E-state index in [-0.39, 0.29) is 0 Å². The molecule has 0 atom stereocenters. The van der Waals surface area contributed by atoms with Crippen molar-refractivity contribution in [3.05, 3.63) is 71.4 Å². The second-order valence-electron chi connectivity index (χ2n) is 5.91. The molecule has 0 aliphatic rings. The number of benzene rings is 2. The highest BCUT2D eigenvalue weighted by molar-refractivity contribution is 8.22. The Morgan fingerprint density at radius 3 is 2.88 bits per heavy atom. The molecule has 2 N–H and O–H groups in total. The maximum Gasteiger partial charge on any atom is 0.133 e. The number of nitrogens with one attached hydrogen (secondary N) is 2. The van der Waals surface area contributed by atoms with Crippen molar-refractivity contribution in [1.82, 2.24) is 10.3 Å². The van der Waals surface area contributed by atoms with Crippen LogP contribution < -0.4 is 5.32 Å². The van der Waals surface area contributed by atoms with Crippen molar-refractivity contribution in [2.45, 2.75) is 19.8 Å². The van der Waals surface area contributed by atoms with E-state index in [2.05, 4.69) is 72.0 Å². The van der Waals surface area contributed by atoms with Gasteiger partial charge in [0.1, 0.15) is 4.32 Å². The van der Waals surface area contributed by atoms with Gasteiger partial charge in [-0.2, -0.15) is 0 Å². The zero-order valence-electron chi connectivity index (χ0n) is 13.8. The monoisotopic (exact) mass is 354 g/mol. The third-order valence-corrected chi connectivity index (χ3v) is 5.36. The second kappa shape index (κ2) is 8.36. The summed E-state index contributed by atoms with van der Waals surface area (Å²) >= 11 is 7.16. The number of fused-ring (bicyclic) bond motifs is 1. The van der Waals surface area contributed by atoms with Gasteiger partial charge < -0.3 is 10.3 Å². The molecule has 1 aromatic heterocycles. The molecular formula is C20H22N2S2. The van der Waals surface area contributed by atoms with Gasteiger partial charge >= 0.3 is 0 Å². The molecular weight excluding hydrogens is 332 g/mol. The summed E-state index contributed by atoms with van der Waals surface area (Å²) in [6.07, 6.45) is 4.12. The van der Waals surface area contributed by atoms with E-state index in [0.29, 0.717) is 0 Å². The number of H-pyrrole nitrogens is 1. The summed E-state index contributed by atoms with van der Waals surface area (Å²) in [5, 5.41) is 4.67. The fraction of sp³-hybridized carbons (Fsp3) is 0.250. The molecule has 1 heterocycles. The lowest BCUT2D eigenvalue weighted by Crippen LogP contribution is -2.21. The smallest absolute Gasteiger partial charge is 0.133 e. The van der Waals surface area contributed by atoms with Crippen molar-refractivity contribution in [3.63, 3.8) is 0 Å². The molecule has 0 aliphatic heterocycles. The molecule has 0 bridgehead atoms. The summed E-state index contributed by atoms with van der Waals surface area (Å²) < 4.78 is 0.891. The molecule has 0 radical (unpaired) electrons. The molecule has 0 aliphatic carbocycles. The number of thioether (sulfide) groups is 1. The van der Waals surface area contributed by atoms with Crippen molar-refractivity contribution in [2.24, 2.45) is 0 Å². The van der Waals surface area contributed by atoms with Crippen LogP contribution in [0.25, 0.3) is 10.9 Å². The Labute approximate surface area is 153 Å². The maximum absolute atomic E-state index is 5.43. The third kappa shape index (κ3) is 4.62. The average molecular weight is 355 g/mol. The number of rotatable bonds is 6. The molecule has 3 aromatic rings. The quantitative estimate of drug-likeness (QED) is 0.619. The fourth-order valence-corrected chi connectivity index (χ4v) is 3.90. The lowest BCUT2D eigenvalue weighted by Gasteiger charge is -2.07. The topological polar surface area (TPSA) is 27.8 Å². The van der Waals surface area contributed by atoms with E-state index in [1.54, 1.807) is 11.8 Å². The van der Waals surface area contributed by atoms with Crippen molar-refractivity contribution < 1.29 is 0 Å². The highest BCUT2D eigenvalue weighted by Crippen LogP contribution is 2.18. The highest BCUT2D eigenvalue weighted by Gasteiger charge is 2.03. The maximum atomic E-state index is 5.43. The van der Waals surface area contributed by atoms with Crippen LogP contribution in [0.1, 0.15) is 16.7 Å². The van der Waals surface area contributed by atoms with Gasteiger partial charge in [-0.1, -0.05) is 72.0 Å². The molecule has 0 unspecified atom stereocenters. The summed E-state index contributed by atoms with van der Waals surface area (Å²) in [6, 6.07) is 17.1. The average Bonchev–Trinajstić information content (AvgIpc) is 2.98. The molecule has 124 valence electrons. The largest absolute Gasteiger partial charge is 0.371 e. The van der Waals surface area contributed by atoms with Gasteiger partial charge in [-0.15, -0.1) is 0 Å². The van der Waals surface area contributed by atoms with Crippen molar-refractivity contribution >= 4 is 39.2 Å². The van der Waals surface area contributed by atoms with Crippen LogP contribution >= 0.6 is 24.0 Å².